The molecule has 0 aromatic heterocycles. The topological polar surface area (TPSA) is 105 Å². The highest BCUT2D eigenvalue weighted by molar-refractivity contribution is 8.15. The van der Waals surface area contributed by atoms with E-state index in [4.69, 9.17) is 0 Å². The lowest BCUT2D eigenvalue weighted by Gasteiger charge is -2.16. The Kier molecular flexibility index (Phi) is 7.34. The van der Waals surface area contributed by atoms with Gasteiger partial charge < -0.3 is 5.32 Å². The van der Waals surface area contributed by atoms with Crippen molar-refractivity contribution in [2.24, 2.45) is 4.99 Å². The third-order valence-corrected chi connectivity index (χ3v) is 6.39. The zero-order chi connectivity index (χ0) is 23.9. The van der Waals surface area contributed by atoms with Gasteiger partial charge in [-0.2, -0.15) is 0 Å². The molecule has 4 rings (SSSR count). The summed E-state index contributed by atoms with van der Waals surface area (Å²) in [6, 6.07) is 25.1. The summed E-state index contributed by atoms with van der Waals surface area (Å²) in [6.45, 7) is 0.434. The number of amides is 2. The molecule has 0 spiro atoms. The van der Waals surface area contributed by atoms with Crippen LogP contribution in [0.15, 0.2) is 89.9 Å². The van der Waals surface area contributed by atoms with Gasteiger partial charge in [0.1, 0.15) is 10.9 Å². The second kappa shape index (κ2) is 10.8. The molecule has 0 radical (unpaired) electrons. The van der Waals surface area contributed by atoms with Crippen molar-refractivity contribution >= 4 is 45.8 Å². The summed E-state index contributed by atoms with van der Waals surface area (Å²) in [7, 11) is 0. The first-order valence-electron chi connectivity index (χ1n) is 10.7. The second-order valence-corrected chi connectivity index (χ2v) is 8.76. The SMILES string of the molecule is O=C(C[C@H]1SC(=Nc2ccccc2)N(CCc2ccccc2)C1=O)Nc1ccccc1[N+](=O)[O-]. The summed E-state index contributed by atoms with van der Waals surface area (Å²) in [5.74, 6) is -0.669. The molecule has 0 bridgehead atoms. The number of rotatable bonds is 8. The van der Waals surface area contributed by atoms with Crippen LogP contribution in [0.2, 0.25) is 0 Å². The van der Waals surface area contributed by atoms with Crippen LogP contribution in [0.4, 0.5) is 17.1 Å². The number of nitrogens with zero attached hydrogens (tertiary/aromatic N) is 3. The van der Waals surface area contributed by atoms with Crippen LogP contribution in [-0.2, 0) is 16.0 Å². The molecule has 0 unspecified atom stereocenters. The zero-order valence-corrected chi connectivity index (χ0v) is 19.0. The first-order chi connectivity index (χ1) is 16.5. The first-order valence-corrected chi connectivity index (χ1v) is 11.6. The van der Waals surface area contributed by atoms with E-state index in [1.54, 1.807) is 11.0 Å². The Bertz CT molecular complexity index is 1220. The standard InChI is InChI=1S/C25H22N4O4S/c30-23(27-20-13-7-8-14-21(20)29(32)33)17-22-24(31)28(16-15-18-9-3-1-4-10-18)25(34-22)26-19-11-5-2-6-12-19/h1-14,22H,15-17H2,(H,27,30)/t22-/m1/s1. The molecule has 1 heterocycles. The van der Waals surface area contributed by atoms with Gasteiger partial charge in [0.15, 0.2) is 5.17 Å². The van der Waals surface area contributed by atoms with Crippen LogP contribution in [0.1, 0.15) is 12.0 Å². The highest BCUT2D eigenvalue weighted by Crippen LogP contribution is 2.32. The van der Waals surface area contributed by atoms with Crippen LogP contribution in [0, 0.1) is 10.1 Å². The number of thioether (sulfide) groups is 1. The molecule has 1 N–H and O–H groups in total. The van der Waals surface area contributed by atoms with Gasteiger partial charge >= 0.3 is 0 Å². The van der Waals surface area contributed by atoms with Crippen LogP contribution in [-0.4, -0.2) is 38.6 Å². The van der Waals surface area contributed by atoms with E-state index in [0.717, 1.165) is 5.56 Å². The minimum absolute atomic E-state index is 0.104. The number of hydrogen-bond acceptors (Lipinski definition) is 6. The fraction of sp³-hybridized carbons (Fsp3) is 0.160. The van der Waals surface area contributed by atoms with Crippen molar-refractivity contribution in [1.82, 2.24) is 4.90 Å². The van der Waals surface area contributed by atoms with E-state index in [-0.39, 0.29) is 23.7 Å². The molecule has 1 fully saturated rings. The minimum Gasteiger partial charge on any atom is -0.320 e. The number of hydrogen-bond donors (Lipinski definition) is 1. The second-order valence-electron chi connectivity index (χ2n) is 7.59. The molecule has 2 amide bonds. The van der Waals surface area contributed by atoms with Gasteiger partial charge in [0.2, 0.25) is 11.8 Å². The lowest BCUT2D eigenvalue weighted by molar-refractivity contribution is -0.383. The largest absolute Gasteiger partial charge is 0.320 e. The molecule has 9 heteroatoms. The molecular weight excluding hydrogens is 452 g/mol. The van der Waals surface area contributed by atoms with Gasteiger partial charge in [-0.25, -0.2) is 4.99 Å². The van der Waals surface area contributed by atoms with Gasteiger partial charge in [-0.05, 0) is 30.2 Å². The third-order valence-electron chi connectivity index (χ3n) is 5.21. The molecule has 172 valence electrons. The van der Waals surface area contributed by atoms with Crippen molar-refractivity contribution in [2.45, 2.75) is 18.1 Å². The lowest BCUT2D eigenvalue weighted by Crippen LogP contribution is -2.35. The third kappa shape index (κ3) is 5.68. The maximum atomic E-state index is 13.2. The van der Waals surface area contributed by atoms with Crippen molar-refractivity contribution in [3.63, 3.8) is 0 Å². The number of benzene rings is 3. The molecule has 8 nitrogen and oxygen atoms in total. The summed E-state index contributed by atoms with van der Waals surface area (Å²) in [6.07, 6.45) is 0.529. The minimum atomic E-state index is -0.666. The van der Waals surface area contributed by atoms with Crippen LogP contribution in [0.3, 0.4) is 0 Å². The number of anilines is 1. The Morgan fingerprint density at radius 2 is 1.65 bits per heavy atom. The number of carbonyl (C=O) groups is 2. The zero-order valence-electron chi connectivity index (χ0n) is 18.2. The summed E-state index contributed by atoms with van der Waals surface area (Å²) < 4.78 is 0. The van der Waals surface area contributed by atoms with Gasteiger partial charge in [-0.1, -0.05) is 72.4 Å². The average molecular weight is 475 g/mol. The van der Waals surface area contributed by atoms with Crippen LogP contribution < -0.4 is 5.32 Å². The predicted octanol–water partition coefficient (Wildman–Crippen LogP) is 4.80. The van der Waals surface area contributed by atoms with E-state index in [1.165, 1.54) is 30.0 Å². The number of amidine groups is 1. The Balaban J connectivity index is 1.50. The number of nitrogens with one attached hydrogen (secondary N) is 1. The first kappa shape index (κ1) is 23.2. The summed E-state index contributed by atoms with van der Waals surface area (Å²) in [5.41, 5.74) is 1.72. The van der Waals surface area contributed by atoms with Crippen molar-refractivity contribution in [2.75, 3.05) is 11.9 Å². The lowest BCUT2D eigenvalue weighted by atomic mass is 10.1. The fourth-order valence-electron chi connectivity index (χ4n) is 3.54. The molecule has 34 heavy (non-hydrogen) atoms. The smallest absolute Gasteiger partial charge is 0.292 e. The van der Waals surface area contributed by atoms with E-state index < -0.39 is 16.1 Å². The summed E-state index contributed by atoms with van der Waals surface area (Å²) in [5, 5.41) is 13.7. The number of para-hydroxylation sites is 3. The normalized spacial score (nSPS) is 16.6. The molecule has 1 atom stereocenters. The van der Waals surface area contributed by atoms with Gasteiger partial charge in [0.25, 0.3) is 5.69 Å². The highest BCUT2D eigenvalue weighted by Gasteiger charge is 2.39. The maximum Gasteiger partial charge on any atom is 0.292 e. The monoisotopic (exact) mass is 474 g/mol. The predicted molar refractivity (Wildman–Crippen MR) is 133 cm³/mol. The highest BCUT2D eigenvalue weighted by atomic mass is 32.2. The number of aliphatic imine (C=N–C) groups is 1. The molecule has 1 saturated heterocycles. The summed E-state index contributed by atoms with van der Waals surface area (Å²) in [4.78, 5) is 42.8. The van der Waals surface area contributed by atoms with Crippen LogP contribution >= 0.6 is 11.8 Å². The Hall–Kier alpha value is -3.98. The molecule has 0 saturated carbocycles. The van der Waals surface area contributed by atoms with E-state index in [1.807, 2.05) is 60.7 Å². The molecule has 0 aliphatic carbocycles. The van der Waals surface area contributed by atoms with Gasteiger partial charge in [0.05, 0.1) is 10.6 Å². The molecular formula is C25H22N4O4S. The number of nitro benzene ring substituents is 1. The van der Waals surface area contributed by atoms with Crippen molar-refractivity contribution < 1.29 is 14.5 Å². The van der Waals surface area contributed by atoms with Gasteiger partial charge in [0, 0.05) is 19.0 Å². The van der Waals surface area contributed by atoms with Gasteiger partial charge in [-0.3, -0.25) is 24.6 Å². The molecule has 3 aromatic carbocycles. The number of nitro groups is 1. The van der Waals surface area contributed by atoms with Gasteiger partial charge in [-0.15, -0.1) is 0 Å². The quantitative estimate of drug-likeness (QED) is 0.373. The van der Waals surface area contributed by atoms with Crippen molar-refractivity contribution in [3.05, 3.63) is 101 Å². The maximum absolute atomic E-state index is 13.2. The molecule has 1 aliphatic rings. The fourth-order valence-corrected chi connectivity index (χ4v) is 4.72. The molecule has 1 aliphatic heterocycles. The van der Waals surface area contributed by atoms with E-state index in [9.17, 15) is 19.7 Å². The Labute approximate surface area is 200 Å². The number of carbonyl (C=O) groups excluding carboxylic acids is 2. The van der Waals surface area contributed by atoms with Crippen LogP contribution in [0.5, 0.6) is 0 Å². The van der Waals surface area contributed by atoms with Crippen LogP contribution in [0.25, 0.3) is 0 Å². The summed E-state index contributed by atoms with van der Waals surface area (Å²) >= 11 is 1.24. The Morgan fingerprint density at radius 3 is 2.35 bits per heavy atom. The van der Waals surface area contributed by atoms with Crippen molar-refractivity contribution in [1.29, 1.82) is 0 Å². The van der Waals surface area contributed by atoms with E-state index in [2.05, 4.69) is 10.3 Å². The molecule has 3 aromatic rings. The van der Waals surface area contributed by atoms with E-state index >= 15 is 0 Å². The van der Waals surface area contributed by atoms with E-state index in [0.29, 0.717) is 23.8 Å². The van der Waals surface area contributed by atoms with Crippen molar-refractivity contribution in [3.8, 4) is 0 Å². The average Bonchev–Trinajstić information content (AvgIpc) is 3.12. The Morgan fingerprint density at radius 1 is 1.00 bits per heavy atom.